The fraction of sp³-hybridized carbons (Fsp3) is 0.360. The molecule has 2 aromatic carbocycles. The zero-order valence-corrected chi connectivity index (χ0v) is 19.0. The van der Waals surface area contributed by atoms with Gasteiger partial charge in [0.2, 0.25) is 0 Å². The Hall–Kier alpha value is -3.88. The number of hydrogen-bond donors (Lipinski definition) is 1. The monoisotopic (exact) mass is 469 g/mol. The van der Waals surface area contributed by atoms with Crippen LogP contribution in [0.2, 0.25) is 0 Å². The van der Waals surface area contributed by atoms with Crippen LogP contribution >= 0.6 is 0 Å². The number of ether oxygens (including phenoxy) is 3. The first-order valence-corrected chi connectivity index (χ1v) is 10.9. The van der Waals surface area contributed by atoms with E-state index in [0.717, 1.165) is 10.5 Å². The third-order valence-electron chi connectivity index (χ3n) is 5.74. The minimum absolute atomic E-state index is 0.0353. The van der Waals surface area contributed by atoms with E-state index in [0.29, 0.717) is 11.3 Å². The van der Waals surface area contributed by atoms with Crippen molar-refractivity contribution in [3.05, 3.63) is 65.7 Å². The number of benzene rings is 2. The summed E-state index contributed by atoms with van der Waals surface area (Å²) in [5.74, 6) is -3.68. The van der Waals surface area contributed by atoms with E-state index in [4.69, 9.17) is 14.2 Å². The van der Waals surface area contributed by atoms with Crippen molar-refractivity contribution in [1.82, 2.24) is 4.90 Å². The molecule has 1 aliphatic rings. The Balaban J connectivity index is 1.89. The largest absolute Gasteiger partial charge is 0.497 e. The van der Waals surface area contributed by atoms with Gasteiger partial charge in [-0.15, -0.1) is 0 Å². The average molecular weight is 469 g/mol. The van der Waals surface area contributed by atoms with Gasteiger partial charge in [-0.3, -0.25) is 14.5 Å². The van der Waals surface area contributed by atoms with Crippen molar-refractivity contribution in [3.8, 4) is 5.75 Å². The summed E-state index contributed by atoms with van der Waals surface area (Å²) in [6.07, 6.45) is -1.30. The maximum Gasteiger partial charge on any atom is 0.410 e. The van der Waals surface area contributed by atoms with Gasteiger partial charge in [-0.2, -0.15) is 0 Å². The first kappa shape index (κ1) is 24.8. The lowest BCUT2D eigenvalue weighted by molar-refractivity contribution is -0.150. The van der Waals surface area contributed by atoms with Gasteiger partial charge in [-0.05, 0) is 36.8 Å². The van der Waals surface area contributed by atoms with E-state index in [1.54, 1.807) is 55.5 Å². The highest BCUT2D eigenvalue weighted by Crippen LogP contribution is 2.36. The van der Waals surface area contributed by atoms with Crippen LogP contribution in [-0.4, -0.2) is 60.1 Å². The van der Waals surface area contributed by atoms with Gasteiger partial charge in [0.05, 0.1) is 20.1 Å². The van der Waals surface area contributed by atoms with Gasteiger partial charge in [0.25, 0.3) is 0 Å². The summed E-state index contributed by atoms with van der Waals surface area (Å²) in [6, 6.07) is 14.1. The van der Waals surface area contributed by atoms with Gasteiger partial charge in [0, 0.05) is 23.9 Å². The molecule has 1 saturated heterocycles. The van der Waals surface area contributed by atoms with E-state index in [9.17, 15) is 24.3 Å². The van der Waals surface area contributed by atoms with Crippen LogP contribution in [0.25, 0.3) is 0 Å². The number of carboxylic acid groups (broad SMARTS) is 1. The lowest BCUT2D eigenvalue weighted by Crippen LogP contribution is -2.45. The van der Waals surface area contributed by atoms with E-state index in [-0.39, 0.29) is 25.5 Å². The molecule has 3 rings (SSSR count). The SMILES string of the molecule is CCOC(=O)[C@@H]1[C@@H](CC(=O)O)[C@@H](C(=O)c2ccc(OC)cc2)CN1C(=O)OCc1ccccc1. The highest BCUT2D eigenvalue weighted by atomic mass is 16.6. The molecular weight excluding hydrogens is 442 g/mol. The zero-order chi connectivity index (χ0) is 24.7. The van der Waals surface area contributed by atoms with Gasteiger partial charge < -0.3 is 19.3 Å². The zero-order valence-electron chi connectivity index (χ0n) is 19.0. The molecule has 0 spiro atoms. The Morgan fingerprint density at radius 3 is 2.26 bits per heavy atom. The van der Waals surface area contributed by atoms with Crippen LogP contribution in [0.1, 0.15) is 29.3 Å². The number of Topliss-reactive ketones (excluding diaryl/α,β-unsaturated/α-hetero) is 1. The number of rotatable bonds is 9. The van der Waals surface area contributed by atoms with Gasteiger partial charge in [-0.25, -0.2) is 9.59 Å². The molecule has 0 bridgehead atoms. The number of methoxy groups -OCH3 is 1. The number of carbonyl (C=O) groups is 4. The number of carbonyl (C=O) groups excluding carboxylic acids is 3. The minimum Gasteiger partial charge on any atom is -0.497 e. The average Bonchev–Trinajstić information content (AvgIpc) is 3.21. The highest BCUT2D eigenvalue weighted by molar-refractivity contribution is 6.00. The molecule has 2 aromatic rings. The van der Waals surface area contributed by atoms with Gasteiger partial charge in [0.1, 0.15) is 18.4 Å². The third kappa shape index (κ3) is 5.72. The molecule has 3 atom stereocenters. The van der Waals surface area contributed by atoms with Crippen molar-refractivity contribution in [1.29, 1.82) is 0 Å². The summed E-state index contributed by atoms with van der Waals surface area (Å²) in [4.78, 5) is 51.9. The van der Waals surface area contributed by atoms with Crippen LogP contribution in [-0.2, 0) is 25.7 Å². The molecule has 1 N–H and O–H groups in total. The van der Waals surface area contributed by atoms with Crippen molar-refractivity contribution in [2.75, 3.05) is 20.3 Å². The molecule has 9 heteroatoms. The van der Waals surface area contributed by atoms with Crippen molar-refractivity contribution < 1.29 is 38.5 Å². The summed E-state index contributed by atoms with van der Waals surface area (Å²) < 4.78 is 15.6. The van der Waals surface area contributed by atoms with Crippen LogP contribution in [0.15, 0.2) is 54.6 Å². The standard InChI is InChI=1S/C25H27NO8/c1-3-33-24(30)22-19(13-21(27)28)20(23(29)17-9-11-18(32-2)12-10-17)14-26(22)25(31)34-15-16-7-5-4-6-8-16/h4-12,19-20,22H,3,13-15H2,1-2H3,(H,27,28)/t19-,20-,22-/m0/s1. The Morgan fingerprint density at radius 2 is 1.68 bits per heavy atom. The number of likely N-dealkylation sites (tertiary alicyclic amines) is 1. The first-order chi connectivity index (χ1) is 16.3. The highest BCUT2D eigenvalue weighted by Gasteiger charge is 2.52. The van der Waals surface area contributed by atoms with Crippen molar-refractivity contribution in [2.24, 2.45) is 11.8 Å². The van der Waals surface area contributed by atoms with Crippen LogP contribution < -0.4 is 4.74 Å². The minimum atomic E-state index is -1.26. The van der Waals surface area contributed by atoms with E-state index < -0.39 is 42.3 Å². The Bertz CT molecular complexity index is 1020. The molecule has 0 saturated carbocycles. The molecule has 1 aliphatic heterocycles. The normalized spacial score (nSPS) is 19.4. The lowest BCUT2D eigenvalue weighted by Gasteiger charge is -2.25. The maximum atomic E-state index is 13.3. The van der Waals surface area contributed by atoms with E-state index >= 15 is 0 Å². The summed E-state index contributed by atoms with van der Waals surface area (Å²) in [5.41, 5.74) is 1.07. The molecule has 0 aromatic heterocycles. The van der Waals surface area contributed by atoms with Crippen LogP contribution in [0.3, 0.4) is 0 Å². The smallest absolute Gasteiger partial charge is 0.410 e. The number of carboxylic acids is 1. The van der Waals surface area contributed by atoms with Crippen LogP contribution in [0.5, 0.6) is 5.75 Å². The lowest BCUT2D eigenvalue weighted by atomic mass is 9.82. The molecule has 1 fully saturated rings. The van der Waals surface area contributed by atoms with Gasteiger partial charge >= 0.3 is 18.0 Å². The molecule has 34 heavy (non-hydrogen) atoms. The van der Waals surface area contributed by atoms with Crippen molar-refractivity contribution >= 4 is 23.8 Å². The van der Waals surface area contributed by atoms with E-state index in [1.165, 1.54) is 7.11 Å². The quantitative estimate of drug-likeness (QED) is 0.439. The van der Waals surface area contributed by atoms with Crippen LogP contribution in [0, 0.1) is 11.8 Å². The number of hydrogen-bond acceptors (Lipinski definition) is 7. The summed E-state index contributed by atoms with van der Waals surface area (Å²) in [6.45, 7) is 1.45. The number of ketones is 1. The Kier molecular flexibility index (Phi) is 8.24. The second kappa shape index (κ2) is 11.3. The summed E-state index contributed by atoms with van der Waals surface area (Å²) in [5, 5.41) is 9.50. The Morgan fingerprint density at radius 1 is 1.00 bits per heavy atom. The molecule has 0 unspecified atom stereocenters. The predicted octanol–water partition coefficient (Wildman–Crippen LogP) is 3.17. The second-order valence-corrected chi connectivity index (χ2v) is 7.85. The topological polar surface area (TPSA) is 119 Å². The molecule has 1 heterocycles. The fourth-order valence-corrected chi connectivity index (χ4v) is 4.13. The second-order valence-electron chi connectivity index (χ2n) is 7.85. The number of amides is 1. The molecule has 9 nitrogen and oxygen atoms in total. The number of aliphatic carboxylic acids is 1. The Labute approximate surface area is 197 Å². The first-order valence-electron chi connectivity index (χ1n) is 10.9. The van der Waals surface area contributed by atoms with E-state index in [1.807, 2.05) is 6.07 Å². The molecule has 0 aliphatic carbocycles. The third-order valence-corrected chi connectivity index (χ3v) is 5.74. The predicted molar refractivity (Wildman–Crippen MR) is 120 cm³/mol. The van der Waals surface area contributed by atoms with E-state index in [2.05, 4.69) is 0 Å². The van der Waals surface area contributed by atoms with Gasteiger partial charge in [-0.1, -0.05) is 30.3 Å². The number of esters is 1. The van der Waals surface area contributed by atoms with Crippen molar-refractivity contribution in [3.63, 3.8) is 0 Å². The summed E-state index contributed by atoms with van der Waals surface area (Å²) in [7, 11) is 1.50. The van der Waals surface area contributed by atoms with Crippen LogP contribution in [0.4, 0.5) is 4.79 Å². The fourth-order valence-electron chi connectivity index (χ4n) is 4.13. The number of nitrogens with zero attached hydrogens (tertiary/aromatic N) is 1. The maximum absolute atomic E-state index is 13.3. The molecule has 0 radical (unpaired) electrons. The summed E-state index contributed by atoms with van der Waals surface area (Å²) >= 11 is 0. The molecular formula is C25H27NO8. The van der Waals surface area contributed by atoms with Crippen molar-refractivity contribution in [2.45, 2.75) is 26.0 Å². The molecule has 180 valence electrons. The molecule has 1 amide bonds. The van der Waals surface area contributed by atoms with Gasteiger partial charge in [0.15, 0.2) is 5.78 Å².